The number of hydrogen-bond acceptors (Lipinski definition) is 3. The molecule has 2 atom stereocenters. The van der Waals surface area contributed by atoms with E-state index in [2.05, 4.69) is 9.80 Å². The monoisotopic (exact) mass is 529 g/mol. The van der Waals surface area contributed by atoms with Gasteiger partial charge in [-0.1, -0.05) is 12.1 Å². The molecule has 2 aliphatic heterocycles. The van der Waals surface area contributed by atoms with E-state index in [1.807, 2.05) is 0 Å². The number of benzene rings is 2. The Morgan fingerprint density at radius 2 is 1.32 bits per heavy atom. The molecule has 5 rings (SSSR count). The molecular weight excluding hydrogens is 499 g/mol. The Balaban J connectivity index is 1.40. The Morgan fingerprint density at radius 3 is 1.86 bits per heavy atom. The maximum Gasteiger partial charge on any atom is 0.416 e. The number of halogens is 7. The van der Waals surface area contributed by atoms with Gasteiger partial charge >= 0.3 is 12.4 Å². The van der Waals surface area contributed by atoms with Gasteiger partial charge in [0.25, 0.3) is 0 Å². The fourth-order valence-electron chi connectivity index (χ4n) is 5.71. The first kappa shape index (κ1) is 26.3. The highest BCUT2D eigenvalue weighted by Crippen LogP contribution is 2.41. The van der Waals surface area contributed by atoms with E-state index in [-0.39, 0.29) is 30.3 Å². The van der Waals surface area contributed by atoms with Crippen molar-refractivity contribution in [3.63, 3.8) is 0 Å². The van der Waals surface area contributed by atoms with Crippen LogP contribution in [-0.4, -0.2) is 61.7 Å². The summed E-state index contributed by atoms with van der Waals surface area (Å²) in [6.07, 6.45) is -6.63. The van der Waals surface area contributed by atoms with E-state index >= 15 is 0 Å². The second-order valence-corrected chi connectivity index (χ2v) is 10.5. The SMILES string of the molecule is Fc1ccc(C2CN(c3cc(C(F)(F)F)cc(C(F)(F)F)c3)CCC2N2CCN(CC3CC3)CC2)cc1. The molecule has 2 aromatic carbocycles. The van der Waals surface area contributed by atoms with E-state index in [9.17, 15) is 30.7 Å². The van der Waals surface area contributed by atoms with Crippen LogP contribution in [0.1, 0.15) is 41.9 Å². The number of alkyl halides is 6. The lowest BCUT2D eigenvalue weighted by molar-refractivity contribution is -0.143. The molecule has 2 saturated heterocycles. The van der Waals surface area contributed by atoms with E-state index in [1.54, 1.807) is 17.0 Å². The zero-order chi connectivity index (χ0) is 26.4. The van der Waals surface area contributed by atoms with Crippen molar-refractivity contribution in [3.8, 4) is 0 Å². The largest absolute Gasteiger partial charge is 0.416 e. The van der Waals surface area contributed by atoms with E-state index < -0.39 is 29.3 Å². The Labute approximate surface area is 211 Å². The highest BCUT2D eigenvalue weighted by molar-refractivity contribution is 5.54. The highest BCUT2D eigenvalue weighted by Gasteiger charge is 2.40. The smallest absolute Gasteiger partial charge is 0.371 e. The zero-order valence-corrected chi connectivity index (χ0v) is 20.3. The third-order valence-corrected chi connectivity index (χ3v) is 7.90. The van der Waals surface area contributed by atoms with Gasteiger partial charge in [0.15, 0.2) is 0 Å². The number of nitrogens with zero attached hydrogens (tertiary/aromatic N) is 3. The van der Waals surface area contributed by atoms with Gasteiger partial charge in [-0.05, 0) is 61.1 Å². The van der Waals surface area contributed by atoms with Crippen LogP contribution in [0.5, 0.6) is 0 Å². The zero-order valence-electron chi connectivity index (χ0n) is 20.3. The minimum Gasteiger partial charge on any atom is -0.371 e. The van der Waals surface area contributed by atoms with Crippen LogP contribution in [0.3, 0.4) is 0 Å². The summed E-state index contributed by atoms with van der Waals surface area (Å²) < 4.78 is 94.5. The summed E-state index contributed by atoms with van der Waals surface area (Å²) in [6, 6.07) is 7.88. The van der Waals surface area contributed by atoms with Crippen molar-refractivity contribution in [2.45, 2.75) is 43.6 Å². The van der Waals surface area contributed by atoms with Crippen LogP contribution < -0.4 is 4.90 Å². The lowest BCUT2D eigenvalue weighted by Gasteiger charge is -2.47. The van der Waals surface area contributed by atoms with Crippen molar-refractivity contribution in [2.75, 3.05) is 50.7 Å². The highest BCUT2D eigenvalue weighted by atomic mass is 19.4. The van der Waals surface area contributed by atoms with Gasteiger partial charge in [-0.25, -0.2) is 4.39 Å². The summed E-state index contributed by atoms with van der Waals surface area (Å²) in [5.41, 5.74) is -1.89. The van der Waals surface area contributed by atoms with Gasteiger partial charge < -0.3 is 9.80 Å². The second-order valence-electron chi connectivity index (χ2n) is 10.5. The Hall–Kier alpha value is -2.33. The molecule has 2 unspecified atom stereocenters. The lowest BCUT2D eigenvalue weighted by atomic mass is 9.84. The fourth-order valence-corrected chi connectivity index (χ4v) is 5.71. The third-order valence-electron chi connectivity index (χ3n) is 7.90. The van der Waals surface area contributed by atoms with Crippen molar-refractivity contribution in [1.29, 1.82) is 0 Å². The number of hydrogen-bond donors (Lipinski definition) is 0. The maximum absolute atomic E-state index is 13.7. The molecule has 37 heavy (non-hydrogen) atoms. The molecule has 3 nitrogen and oxygen atoms in total. The second kappa shape index (κ2) is 10.1. The number of anilines is 1. The normalized spacial score (nSPS) is 24.5. The molecule has 202 valence electrons. The molecule has 0 N–H and O–H groups in total. The molecule has 3 aliphatic rings. The molecule has 3 fully saturated rings. The third kappa shape index (κ3) is 6.22. The summed E-state index contributed by atoms with van der Waals surface area (Å²) >= 11 is 0. The fraction of sp³-hybridized carbons (Fsp3) is 0.556. The number of rotatable bonds is 5. The van der Waals surface area contributed by atoms with Gasteiger partial charge in [0.05, 0.1) is 11.1 Å². The Morgan fingerprint density at radius 1 is 0.730 bits per heavy atom. The van der Waals surface area contributed by atoms with E-state index in [0.29, 0.717) is 13.0 Å². The van der Waals surface area contributed by atoms with Crippen LogP contribution in [0.15, 0.2) is 42.5 Å². The first-order valence-corrected chi connectivity index (χ1v) is 12.7. The average Bonchev–Trinajstić information content (AvgIpc) is 3.67. The lowest BCUT2D eigenvalue weighted by Crippen LogP contribution is -2.56. The molecule has 0 amide bonds. The summed E-state index contributed by atoms with van der Waals surface area (Å²) in [4.78, 5) is 6.47. The summed E-state index contributed by atoms with van der Waals surface area (Å²) in [6.45, 7) is 5.30. The van der Waals surface area contributed by atoms with Crippen LogP contribution in [0.4, 0.5) is 36.4 Å². The van der Waals surface area contributed by atoms with Crippen LogP contribution in [0.25, 0.3) is 0 Å². The molecule has 0 radical (unpaired) electrons. The number of piperazine rings is 1. The molecule has 0 bridgehead atoms. The van der Waals surface area contributed by atoms with Gasteiger partial charge in [0.2, 0.25) is 0 Å². The topological polar surface area (TPSA) is 9.72 Å². The van der Waals surface area contributed by atoms with Crippen LogP contribution in [0, 0.1) is 11.7 Å². The van der Waals surface area contributed by atoms with Crippen molar-refractivity contribution >= 4 is 5.69 Å². The molecule has 2 aromatic rings. The predicted molar refractivity (Wildman–Crippen MR) is 127 cm³/mol. The molecular formula is C27H30F7N3. The summed E-state index contributed by atoms with van der Waals surface area (Å²) in [5, 5.41) is 0. The minimum absolute atomic E-state index is 0.0673. The summed E-state index contributed by atoms with van der Waals surface area (Å²) in [7, 11) is 0. The molecule has 0 aromatic heterocycles. The molecule has 1 saturated carbocycles. The van der Waals surface area contributed by atoms with Crippen molar-refractivity contribution in [3.05, 3.63) is 65.0 Å². The first-order chi connectivity index (χ1) is 17.5. The van der Waals surface area contributed by atoms with Gasteiger partial charge in [-0.15, -0.1) is 0 Å². The van der Waals surface area contributed by atoms with Crippen LogP contribution in [0.2, 0.25) is 0 Å². The van der Waals surface area contributed by atoms with Crippen LogP contribution >= 0.6 is 0 Å². The average molecular weight is 530 g/mol. The van der Waals surface area contributed by atoms with Crippen molar-refractivity contribution in [1.82, 2.24) is 9.80 Å². The van der Waals surface area contributed by atoms with E-state index in [1.165, 1.54) is 25.0 Å². The first-order valence-electron chi connectivity index (χ1n) is 12.7. The van der Waals surface area contributed by atoms with Crippen LogP contribution in [-0.2, 0) is 12.4 Å². The molecule has 10 heteroatoms. The molecule has 2 heterocycles. The standard InChI is InChI=1S/C27H30F7N3/c28-22-5-3-19(4-6-22)24-17-37(23-14-20(26(29,30)31)13-21(15-23)27(32,33)34)8-7-25(24)36-11-9-35(10-12-36)16-18-1-2-18/h3-6,13-15,18,24-25H,1-2,7-12,16-17H2. The van der Waals surface area contributed by atoms with Gasteiger partial charge in [0, 0.05) is 63.5 Å². The minimum atomic E-state index is -4.90. The Kier molecular flexibility index (Phi) is 7.17. The predicted octanol–water partition coefficient (Wildman–Crippen LogP) is 6.25. The summed E-state index contributed by atoms with van der Waals surface area (Å²) in [5.74, 6) is 0.221. The van der Waals surface area contributed by atoms with Crippen molar-refractivity contribution in [2.24, 2.45) is 5.92 Å². The Bertz CT molecular complexity index is 1040. The van der Waals surface area contributed by atoms with E-state index in [4.69, 9.17) is 0 Å². The quantitative estimate of drug-likeness (QED) is 0.424. The molecule has 1 aliphatic carbocycles. The molecule has 0 spiro atoms. The number of piperidine rings is 1. The van der Waals surface area contributed by atoms with Gasteiger partial charge in [-0.2, -0.15) is 26.3 Å². The van der Waals surface area contributed by atoms with Crippen molar-refractivity contribution < 1.29 is 30.7 Å². The van der Waals surface area contributed by atoms with Gasteiger partial charge in [0.1, 0.15) is 5.82 Å². The van der Waals surface area contributed by atoms with E-state index in [0.717, 1.165) is 56.3 Å². The van der Waals surface area contributed by atoms with Gasteiger partial charge in [-0.3, -0.25) is 4.90 Å². The maximum atomic E-state index is 13.7.